The van der Waals surface area contributed by atoms with E-state index in [1.54, 1.807) is 4.90 Å². The maximum Gasteiger partial charge on any atom is 0.410 e. The third-order valence-corrected chi connectivity index (χ3v) is 4.36. The first kappa shape index (κ1) is 31.8. The molecule has 0 spiro atoms. The van der Waals surface area contributed by atoms with Gasteiger partial charge in [0, 0.05) is 13.1 Å². The van der Waals surface area contributed by atoms with Crippen molar-refractivity contribution in [3.8, 4) is 0 Å². The predicted molar refractivity (Wildman–Crippen MR) is 137 cm³/mol. The van der Waals surface area contributed by atoms with Crippen LogP contribution in [0.15, 0.2) is 30.3 Å². The van der Waals surface area contributed by atoms with E-state index in [1.165, 1.54) is 0 Å². The van der Waals surface area contributed by atoms with Crippen molar-refractivity contribution < 1.29 is 38.0 Å². The van der Waals surface area contributed by atoms with Crippen molar-refractivity contribution in [2.45, 2.75) is 65.7 Å². The van der Waals surface area contributed by atoms with Gasteiger partial charge in [0.05, 0.1) is 59.3 Å². The second kappa shape index (κ2) is 17.3. The Kier molecular flexibility index (Phi) is 15.3. The third kappa shape index (κ3) is 18.1. The van der Waals surface area contributed by atoms with Gasteiger partial charge in [-0.05, 0) is 47.1 Å². The predicted octanol–water partition coefficient (Wildman–Crippen LogP) is 4.22. The summed E-state index contributed by atoms with van der Waals surface area (Å²) in [5, 5.41) is 0. The van der Waals surface area contributed by atoms with Crippen molar-refractivity contribution in [3.63, 3.8) is 0 Å². The molecule has 0 heterocycles. The smallest absolute Gasteiger partial charge is 0.410 e. The highest BCUT2D eigenvalue weighted by Gasteiger charge is 2.22. The van der Waals surface area contributed by atoms with Crippen molar-refractivity contribution in [3.05, 3.63) is 35.9 Å². The second-order valence-electron chi connectivity index (χ2n) is 10.2. The Morgan fingerprint density at radius 1 is 0.667 bits per heavy atom. The standard InChI is InChI=1S/C27H45NO8/c1-26(2,3)35-24(29)12-14-31-16-18-33-20-21-34-19-17-32-15-13-28(25(30)36-27(4,5)6)22-23-10-8-7-9-11-23/h7-11H,12-22H2,1-6H3. The van der Waals surface area contributed by atoms with Crippen LogP contribution in [0.25, 0.3) is 0 Å². The van der Waals surface area contributed by atoms with Gasteiger partial charge in [0.2, 0.25) is 0 Å². The van der Waals surface area contributed by atoms with Crippen molar-refractivity contribution >= 4 is 12.1 Å². The molecular weight excluding hydrogens is 466 g/mol. The molecule has 0 aliphatic carbocycles. The fourth-order valence-corrected chi connectivity index (χ4v) is 2.85. The summed E-state index contributed by atoms with van der Waals surface area (Å²) < 4.78 is 32.7. The number of rotatable bonds is 17. The number of carbonyl (C=O) groups excluding carboxylic acids is 2. The Labute approximate surface area is 216 Å². The zero-order valence-electron chi connectivity index (χ0n) is 22.9. The summed E-state index contributed by atoms with van der Waals surface area (Å²) in [4.78, 5) is 25.8. The molecule has 1 aromatic carbocycles. The topological polar surface area (TPSA) is 92.8 Å². The summed E-state index contributed by atoms with van der Waals surface area (Å²) in [7, 11) is 0. The fourth-order valence-electron chi connectivity index (χ4n) is 2.85. The van der Waals surface area contributed by atoms with Crippen LogP contribution in [0.4, 0.5) is 4.79 Å². The molecule has 0 saturated heterocycles. The number of hydrogen-bond donors (Lipinski definition) is 0. The van der Waals surface area contributed by atoms with Crippen molar-refractivity contribution in [2.24, 2.45) is 0 Å². The maximum atomic E-state index is 12.6. The summed E-state index contributed by atoms with van der Waals surface area (Å²) in [5.74, 6) is -0.271. The summed E-state index contributed by atoms with van der Waals surface area (Å²) in [5.41, 5.74) is -0.0108. The van der Waals surface area contributed by atoms with Crippen LogP contribution in [0, 0.1) is 0 Å². The fraction of sp³-hybridized carbons (Fsp3) is 0.704. The third-order valence-electron chi connectivity index (χ3n) is 4.36. The molecule has 1 rings (SSSR count). The zero-order valence-corrected chi connectivity index (χ0v) is 22.9. The van der Waals surface area contributed by atoms with Gasteiger partial charge in [-0.15, -0.1) is 0 Å². The summed E-state index contributed by atoms with van der Waals surface area (Å²) >= 11 is 0. The lowest BCUT2D eigenvalue weighted by Gasteiger charge is -2.27. The number of benzene rings is 1. The van der Waals surface area contributed by atoms with E-state index in [2.05, 4.69) is 0 Å². The second-order valence-corrected chi connectivity index (χ2v) is 10.2. The molecule has 0 aliphatic rings. The molecule has 0 aliphatic heterocycles. The average molecular weight is 512 g/mol. The van der Waals surface area contributed by atoms with Crippen LogP contribution < -0.4 is 0 Å². The first-order valence-corrected chi connectivity index (χ1v) is 12.5. The molecule has 0 saturated carbocycles. The number of ether oxygens (including phenoxy) is 6. The molecule has 0 N–H and O–H groups in total. The number of carbonyl (C=O) groups is 2. The Morgan fingerprint density at radius 2 is 1.14 bits per heavy atom. The van der Waals surface area contributed by atoms with E-state index in [1.807, 2.05) is 71.9 Å². The molecule has 1 amide bonds. The van der Waals surface area contributed by atoms with E-state index < -0.39 is 11.2 Å². The van der Waals surface area contributed by atoms with E-state index in [-0.39, 0.29) is 18.5 Å². The van der Waals surface area contributed by atoms with E-state index in [0.717, 1.165) is 5.56 Å². The lowest BCUT2D eigenvalue weighted by atomic mass is 10.2. The van der Waals surface area contributed by atoms with Crippen molar-refractivity contribution in [2.75, 3.05) is 59.4 Å². The summed E-state index contributed by atoms with van der Waals surface area (Å²) in [6.07, 6.45) is -0.139. The van der Waals surface area contributed by atoms with Gasteiger partial charge in [-0.1, -0.05) is 30.3 Å². The van der Waals surface area contributed by atoms with Gasteiger partial charge in [-0.2, -0.15) is 0 Å². The molecule has 206 valence electrons. The molecule has 9 heteroatoms. The minimum absolute atomic E-state index is 0.224. The molecule has 36 heavy (non-hydrogen) atoms. The quantitative estimate of drug-likeness (QED) is 0.227. The largest absolute Gasteiger partial charge is 0.460 e. The van der Waals surface area contributed by atoms with Gasteiger partial charge >= 0.3 is 12.1 Å². The van der Waals surface area contributed by atoms with Gasteiger partial charge < -0.3 is 33.3 Å². The zero-order chi connectivity index (χ0) is 26.9. The van der Waals surface area contributed by atoms with Crippen LogP contribution in [0.3, 0.4) is 0 Å². The van der Waals surface area contributed by atoms with E-state index in [9.17, 15) is 9.59 Å². The van der Waals surface area contributed by atoms with E-state index >= 15 is 0 Å². The average Bonchev–Trinajstić information content (AvgIpc) is 2.76. The van der Waals surface area contributed by atoms with E-state index in [0.29, 0.717) is 65.9 Å². The van der Waals surface area contributed by atoms with Crippen LogP contribution in [-0.4, -0.2) is 87.6 Å². The van der Waals surface area contributed by atoms with Crippen LogP contribution in [0.2, 0.25) is 0 Å². The number of amides is 1. The Bertz CT molecular complexity index is 728. The normalized spacial score (nSPS) is 11.8. The maximum absolute atomic E-state index is 12.6. The molecule has 0 radical (unpaired) electrons. The molecule has 0 aromatic heterocycles. The van der Waals surface area contributed by atoms with Gasteiger partial charge in [-0.3, -0.25) is 4.79 Å². The highest BCUT2D eigenvalue weighted by Crippen LogP contribution is 2.13. The Morgan fingerprint density at radius 3 is 1.64 bits per heavy atom. The van der Waals surface area contributed by atoms with Crippen molar-refractivity contribution in [1.82, 2.24) is 4.90 Å². The minimum atomic E-state index is -0.561. The highest BCUT2D eigenvalue weighted by molar-refractivity contribution is 5.70. The van der Waals surface area contributed by atoms with Gasteiger partial charge in [0.1, 0.15) is 11.2 Å². The minimum Gasteiger partial charge on any atom is -0.460 e. The van der Waals surface area contributed by atoms with Crippen LogP contribution in [0.5, 0.6) is 0 Å². The summed E-state index contributed by atoms with van der Waals surface area (Å²) in [6, 6.07) is 9.78. The monoisotopic (exact) mass is 511 g/mol. The molecule has 0 fully saturated rings. The first-order valence-electron chi connectivity index (χ1n) is 12.5. The molecule has 0 unspecified atom stereocenters. The summed E-state index contributed by atoms with van der Waals surface area (Å²) in [6.45, 7) is 15.2. The molecule has 1 aromatic rings. The van der Waals surface area contributed by atoms with Crippen molar-refractivity contribution in [1.29, 1.82) is 0 Å². The molecular formula is C27H45NO8. The van der Waals surface area contributed by atoms with Crippen LogP contribution in [-0.2, 0) is 39.8 Å². The lowest BCUT2D eigenvalue weighted by molar-refractivity contribution is -0.156. The number of nitrogens with zero attached hydrogens (tertiary/aromatic N) is 1. The van der Waals surface area contributed by atoms with Gasteiger partial charge in [0.15, 0.2) is 0 Å². The highest BCUT2D eigenvalue weighted by atomic mass is 16.6. The first-order chi connectivity index (χ1) is 17.0. The van der Waals surface area contributed by atoms with Crippen LogP contribution >= 0.6 is 0 Å². The SMILES string of the molecule is CC(C)(C)OC(=O)CCOCCOCCOCCOCCN(Cc1ccccc1)C(=O)OC(C)(C)C. The Balaban J connectivity index is 2.07. The van der Waals surface area contributed by atoms with Gasteiger partial charge in [-0.25, -0.2) is 4.79 Å². The van der Waals surface area contributed by atoms with E-state index in [4.69, 9.17) is 28.4 Å². The number of hydrogen-bond acceptors (Lipinski definition) is 8. The Hall–Kier alpha value is -2.20. The van der Waals surface area contributed by atoms with Gasteiger partial charge in [0.25, 0.3) is 0 Å². The molecule has 0 bridgehead atoms. The number of esters is 1. The molecule has 9 nitrogen and oxygen atoms in total. The lowest BCUT2D eigenvalue weighted by Crippen LogP contribution is -2.38. The van der Waals surface area contributed by atoms with Crippen LogP contribution in [0.1, 0.15) is 53.5 Å². The molecule has 0 atom stereocenters.